The summed E-state index contributed by atoms with van der Waals surface area (Å²) in [5.41, 5.74) is 2.48. The van der Waals surface area contributed by atoms with Crippen LogP contribution in [-0.2, 0) is 14.4 Å². The Morgan fingerprint density at radius 1 is 1.06 bits per heavy atom. The fourth-order valence-electron chi connectivity index (χ4n) is 4.22. The Morgan fingerprint density at radius 3 is 2.42 bits per heavy atom. The molecule has 7 heteroatoms. The van der Waals surface area contributed by atoms with Crippen LogP contribution < -0.4 is 10.2 Å². The summed E-state index contributed by atoms with van der Waals surface area (Å²) in [6.07, 6.45) is 1.74. The maximum absolute atomic E-state index is 13.5. The smallest absolute Gasteiger partial charge is 0.282 e. The third-order valence-corrected chi connectivity index (χ3v) is 5.66. The predicted molar refractivity (Wildman–Crippen MR) is 118 cm³/mol. The maximum atomic E-state index is 13.5. The van der Waals surface area contributed by atoms with Gasteiger partial charge in [-0.15, -0.1) is 0 Å². The number of hydrogen-bond donors (Lipinski definition) is 2. The van der Waals surface area contributed by atoms with E-state index in [1.807, 2.05) is 11.0 Å². The van der Waals surface area contributed by atoms with Crippen molar-refractivity contribution in [2.24, 2.45) is 5.92 Å². The van der Waals surface area contributed by atoms with Gasteiger partial charge in [0.15, 0.2) is 0 Å². The number of piperidine rings is 1. The van der Waals surface area contributed by atoms with Crippen LogP contribution in [0.4, 0.5) is 11.4 Å². The van der Waals surface area contributed by atoms with Crippen molar-refractivity contribution < 1.29 is 19.5 Å². The molecule has 2 N–H and O–H groups in total. The average Bonchev–Trinajstić information content (AvgIpc) is 3.04. The van der Waals surface area contributed by atoms with Gasteiger partial charge in [0.1, 0.15) is 5.70 Å². The number of nitrogens with one attached hydrogen (secondary N) is 1. The summed E-state index contributed by atoms with van der Waals surface area (Å²) in [5.74, 6) is -0.836. The van der Waals surface area contributed by atoms with Gasteiger partial charge in [-0.25, -0.2) is 4.90 Å². The lowest BCUT2D eigenvalue weighted by Crippen LogP contribution is -2.40. The third kappa shape index (κ3) is 4.09. The highest BCUT2D eigenvalue weighted by Gasteiger charge is 2.43. The monoisotopic (exact) mass is 419 g/mol. The molecule has 2 aromatic rings. The molecule has 0 aliphatic carbocycles. The minimum atomic E-state index is -0.371. The van der Waals surface area contributed by atoms with E-state index in [0.29, 0.717) is 41.3 Å². The molecule has 3 amide bonds. The summed E-state index contributed by atoms with van der Waals surface area (Å²) in [6.45, 7) is 2.66. The molecule has 2 heterocycles. The quantitative estimate of drug-likeness (QED) is 0.728. The van der Waals surface area contributed by atoms with Gasteiger partial charge in [0.05, 0.1) is 11.3 Å². The first-order valence-electron chi connectivity index (χ1n) is 10.4. The zero-order valence-corrected chi connectivity index (χ0v) is 17.4. The minimum absolute atomic E-state index is 0.0507. The standard InChI is InChI=1S/C24H25N3O4/c1-16(29)25-19-11-9-18(10-12-19)21-22(26-13-5-6-17(14-26)15-28)24(31)27(23(21)30)20-7-3-2-4-8-20/h2-4,7-12,17,28H,5-6,13-15H2,1H3,(H,25,29). The number of hydrogen-bond acceptors (Lipinski definition) is 5. The molecule has 1 saturated heterocycles. The third-order valence-electron chi connectivity index (χ3n) is 5.66. The number of amides is 3. The Labute approximate surface area is 181 Å². The topological polar surface area (TPSA) is 90.0 Å². The van der Waals surface area contributed by atoms with Crippen molar-refractivity contribution in [2.75, 3.05) is 29.9 Å². The second-order valence-electron chi connectivity index (χ2n) is 7.90. The first kappa shape index (κ1) is 20.8. The number of likely N-dealkylation sites (tertiary alicyclic amines) is 1. The van der Waals surface area contributed by atoms with Gasteiger partial charge in [0.25, 0.3) is 11.8 Å². The molecular formula is C24H25N3O4. The molecule has 4 rings (SSSR count). The fourth-order valence-corrected chi connectivity index (χ4v) is 4.22. The molecular weight excluding hydrogens is 394 g/mol. The van der Waals surface area contributed by atoms with E-state index in [4.69, 9.17) is 0 Å². The molecule has 0 aromatic heterocycles. The highest BCUT2D eigenvalue weighted by molar-refractivity contribution is 6.45. The van der Waals surface area contributed by atoms with E-state index in [9.17, 15) is 19.5 Å². The molecule has 0 radical (unpaired) electrons. The van der Waals surface area contributed by atoms with E-state index in [1.165, 1.54) is 11.8 Å². The van der Waals surface area contributed by atoms with Crippen molar-refractivity contribution in [1.29, 1.82) is 0 Å². The summed E-state index contributed by atoms with van der Waals surface area (Å²) < 4.78 is 0. The van der Waals surface area contributed by atoms with Crippen LogP contribution in [0.1, 0.15) is 25.3 Å². The lowest BCUT2D eigenvalue weighted by molar-refractivity contribution is -0.121. The van der Waals surface area contributed by atoms with Gasteiger partial charge in [0.2, 0.25) is 5.91 Å². The number of benzene rings is 2. The van der Waals surface area contributed by atoms with Gasteiger partial charge in [0, 0.05) is 32.3 Å². The van der Waals surface area contributed by atoms with Crippen molar-refractivity contribution >= 4 is 34.7 Å². The van der Waals surface area contributed by atoms with E-state index < -0.39 is 0 Å². The number of anilines is 2. The molecule has 7 nitrogen and oxygen atoms in total. The van der Waals surface area contributed by atoms with Crippen molar-refractivity contribution in [3.05, 3.63) is 65.9 Å². The van der Waals surface area contributed by atoms with Crippen LogP contribution in [0, 0.1) is 5.92 Å². The van der Waals surface area contributed by atoms with Crippen LogP contribution in [0.3, 0.4) is 0 Å². The molecule has 1 atom stereocenters. The Kier molecular flexibility index (Phi) is 5.86. The SMILES string of the molecule is CC(=O)Nc1ccc(C2=C(N3CCCC(CO)C3)C(=O)N(c3ccccc3)C2=O)cc1. The lowest BCUT2D eigenvalue weighted by atomic mass is 9.97. The summed E-state index contributed by atoms with van der Waals surface area (Å²) >= 11 is 0. The van der Waals surface area contributed by atoms with Crippen molar-refractivity contribution in [1.82, 2.24) is 4.90 Å². The number of aliphatic hydroxyl groups excluding tert-OH is 1. The molecule has 0 saturated carbocycles. The fraction of sp³-hybridized carbons (Fsp3) is 0.292. The van der Waals surface area contributed by atoms with Crippen LogP contribution in [0.2, 0.25) is 0 Å². The second-order valence-corrected chi connectivity index (χ2v) is 7.90. The number of para-hydroxylation sites is 1. The molecule has 0 bridgehead atoms. The Morgan fingerprint density at radius 2 is 1.77 bits per heavy atom. The van der Waals surface area contributed by atoms with Gasteiger partial charge < -0.3 is 15.3 Å². The number of rotatable bonds is 5. The molecule has 1 unspecified atom stereocenters. The summed E-state index contributed by atoms with van der Waals surface area (Å²) in [4.78, 5) is 41.4. The number of carbonyl (C=O) groups excluding carboxylic acids is 3. The number of carbonyl (C=O) groups is 3. The second kappa shape index (κ2) is 8.73. The van der Waals surface area contributed by atoms with Gasteiger partial charge in [-0.2, -0.15) is 0 Å². The van der Waals surface area contributed by atoms with Gasteiger partial charge >= 0.3 is 0 Å². The van der Waals surface area contributed by atoms with Gasteiger partial charge in [-0.05, 0) is 48.6 Å². The highest BCUT2D eigenvalue weighted by atomic mass is 16.3. The lowest BCUT2D eigenvalue weighted by Gasteiger charge is -2.34. The van der Waals surface area contributed by atoms with Crippen LogP contribution in [0.15, 0.2) is 60.3 Å². The Bertz CT molecular complexity index is 1030. The van der Waals surface area contributed by atoms with Crippen LogP contribution in [-0.4, -0.2) is 47.4 Å². The van der Waals surface area contributed by atoms with E-state index in [2.05, 4.69) is 5.32 Å². The zero-order chi connectivity index (χ0) is 22.0. The maximum Gasteiger partial charge on any atom is 0.282 e. The largest absolute Gasteiger partial charge is 0.396 e. The zero-order valence-electron chi connectivity index (χ0n) is 17.4. The summed E-state index contributed by atoms with van der Waals surface area (Å²) in [6, 6.07) is 15.8. The summed E-state index contributed by atoms with van der Waals surface area (Å²) in [7, 11) is 0. The first-order chi connectivity index (χ1) is 15.0. The molecule has 2 aliphatic heterocycles. The van der Waals surface area contributed by atoms with Gasteiger partial charge in [-0.3, -0.25) is 14.4 Å². The van der Waals surface area contributed by atoms with Crippen LogP contribution in [0.5, 0.6) is 0 Å². The number of imide groups is 1. The number of aliphatic hydroxyl groups is 1. The Balaban J connectivity index is 1.77. The highest BCUT2D eigenvalue weighted by Crippen LogP contribution is 2.36. The molecule has 1 fully saturated rings. The molecule has 31 heavy (non-hydrogen) atoms. The van der Waals surface area contributed by atoms with E-state index in [1.54, 1.807) is 48.5 Å². The van der Waals surface area contributed by atoms with E-state index in [-0.39, 0.29) is 30.2 Å². The number of nitrogens with zero attached hydrogens (tertiary/aromatic N) is 2. The molecule has 160 valence electrons. The Hall–Kier alpha value is -3.45. The van der Waals surface area contributed by atoms with E-state index in [0.717, 1.165) is 12.8 Å². The van der Waals surface area contributed by atoms with E-state index >= 15 is 0 Å². The molecule has 2 aromatic carbocycles. The first-order valence-corrected chi connectivity index (χ1v) is 10.4. The summed E-state index contributed by atoms with van der Waals surface area (Å²) in [5, 5.41) is 12.4. The average molecular weight is 419 g/mol. The van der Waals surface area contributed by atoms with Crippen molar-refractivity contribution in [2.45, 2.75) is 19.8 Å². The van der Waals surface area contributed by atoms with Gasteiger partial charge in [-0.1, -0.05) is 30.3 Å². The van der Waals surface area contributed by atoms with Crippen molar-refractivity contribution in [3.8, 4) is 0 Å². The normalized spacial score (nSPS) is 19.2. The molecule has 2 aliphatic rings. The van der Waals surface area contributed by atoms with Crippen molar-refractivity contribution in [3.63, 3.8) is 0 Å². The molecule has 0 spiro atoms. The van der Waals surface area contributed by atoms with Crippen LogP contribution >= 0.6 is 0 Å². The minimum Gasteiger partial charge on any atom is -0.396 e. The predicted octanol–water partition coefficient (Wildman–Crippen LogP) is 2.63. The van der Waals surface area contributed by atoms with Crippen LogP contribution in [0.25, 0.3) is 5.57 Å².